The Morgan fingerprint density at radius 3 is 2.48 bits per heavy atom. The van der Waals surface area contributed by atoms with Crippen LogP contribution in [0.25, 0.3) is 0 Å². The molecule has 1 N–H and O–H groups in total. The number of methoxy groups -OCH3 is 2. The normalized spacial score (nSPS) is 14.4. The lowest BCUT2D eigenvalue weighted by Gasteiger charge is -2.34. The van der Waals surface area contributed by atoms with Gasteiger partial charge in [0.05, 0.1) is 20.8 Å². The first-order valence-electron chi connectivity index (χ1n) is 10.2. The number of allylic oxidation sites excluding steroid dienone is 1. The Morgan fingerprint density at radius 1 is 1.17 bits per heavy atom. The quantitative estimate of drug-likeness (QED) is 0.479. The van der Waals surface area contributed by atoms with E-state index in [1.165, 1.54) is 0 Å². The Hall–Kier alpha value is -2.54. The minimum absolute atomic E-state index is 0.0386. The first-order valence-corrected chi connectivity index (χ1v) is 10.2. The summed E-state index contributed by atoms with van der Waals surface area (Å²) in [5, 5.41) is 2.94. The molecule has 160 valence electrons. The van der Waals surface area contributed by atoms with Gasteiger partial charge in [-0.1, -0.05) is 19.4 Å². The number of benzene rings is 1. The number of carbonyl (C=O) groups is 2. The van der Waals surface area contributed by atoms with E-state index >= 15 is 0 Å². The number of nitrogens with zero attached hydrogens (tertiary/aromatic N) is 2. The van der Waals surface area contributed by atoms with Gasteiger partial charge in [0.1, 0.15) is 0 Å². The summed E-state index contributed by atoms with van der Waals surface area (Å²) >= 11 is 0. The number of hydrogen-bond donors (Lipinski definition) is 1. The number of rotatable bonds is 10. The summed E-state index contributed by atoms with van der Waals surface area (Å²) in [6.45, 7) is 9.52. The summed E-state index contributed by atoms with van der Waals surface area (Å²) in [4.78, 5) is 28.9. The zero-order valence-electron chi connectivity index (χ0n) is 17.8. The molecule has 0 bridgehead atoms. The lowest BCUT2D eigenvalue weighted by atomic mass is 10.0. The zero-order chi connectivity index (χ0) is 21.2. The third-order valence-corrected chi connectivity index (χ3v) is 5.05. The fourth-order valence-electron chi connectivity index (χ4n) is 3.43. The maximum absolute atomic E-state index is 13.0. The van der Waals surface area contributed by atoms with Crippen molar-refractivity contribution < 1.29 is 19.1 Å². The van der Waals surface area contributed by atoms with Crippen LogP contribution in [0.3, 0.4) is 0 Å². The van der Waals surface area contributed by atoms with Crippen molar-refractivity contribution in [2.75, 3.05) is 53.5 Å². The third-order valence-electron chi connectivity index (χ3n) is 5.05. The molecule has 2 rings (SSSR count). The molecule has 1 fully saturated rings. The van der Waals surface area contributed by atoms with Gasteiger partial charge in [-0.3, -0.25) is 14.5 Å². The highest BCUT2D eigenvalue weighted by Gasteiger charge is 2.25. The number of piperazine rings is 1. The van der Waals surface area contributed by atoms with E-state index in [1.54, 1.807) is 26.4 Å². The van der Waals surface area contributed by atoms with Crippen molar-refractivity contribution in [3.8, 4) is 11.5 Å². The van der Waals surface area contributed by atoms with Gasteiger partial charge in [0, 0.05) is 43.9 Å². The summed E-state index contributed by atoms with van der Waals surface area (Å²) in [6.07, 6.45) is 4.41. The predicted molar refractivity (Wildman–Crippen MR) is 114 cm³/mol. The molecular formula is C22H33N3O4. The fraction of sp³-hybridized carbons (Fsp3) is 0.545. The molecule has 1 heterocycles. The molecule has 1 aromatic rings. The van der Waals surface area contributed by atoms with Crippen LogP contribution in [0.4, 0.5) is 0 Å². The summed E-state index contributed by atoms with van der Waals surface area (Å²) in [6, 6.07) is 3.57. The van der Waals surface area contributed by atoms with Crippen LogP contribution >= 0.6 is 0 Å². The van der Waals surface area contributed by atoms with Crippen LogP contribution in [-0.2, 0) is 11.2 Å². The van der Waals surface area contributed by atoms with Gasteiger partial charge < -0.3 is 19.7 Å². The number of ether oxygens (including phenoxy) is 2. The van der Waals surface area contributed by atoms with Gasteiger partial charge in [0.25, 0.3) is 5.91 Å². The largest absolute Gasteiger partial charge is 0.493 e. The molecule has 0 saturated carbocycles. The summed E-state index contributed by atoms with van der Waals surface area (Å²) in [5.41, 5.74) is 1.44. The van der Waals surface area contributed by atoms with Crippen molar-refractivity contribution in [3.05, 3.63) is 35.9 Å². The van der Waals surface area contributed by atoms with Crippen LogP contribution in [-0.4, -0.2) is 75.1 Å². The second kappa shape index (κ2) is 11.5. The molecule has 1 aliphatic heterocycles. The number of unbranched alkanes of at least 4 members (excludes halogenated alkanes) is 1. The van der Waals surface area contributed by atoms with Gasteiger partial charge in [-0.05, 0) is 25.0 Å². The van der Waals surface area contributed by atoms with Gasteiger partial charge in [0.15, 0.2) is 11.5 Å². The summed E-state index contributed by atoms with van der Waals surface area (Å²) in [5.74, 6) is 1.18. The molecule has 2 amide bonds. The fourth-order valence-corrected chi connectivity index (χ4v) is 3.43. The van der Waals surface area contributed by atoms with Crippen molar-refractivity contribution in [1.82, 2.24) is 15.1 Å². The first kappa shape index (κ1) is 22.7. The second-order valence-corrected chi connectivity index (χ2v) is 7.14. The molecular weight excluding hydrogens is 370 g/mol. The van der Waals surface area contributed by atoms with E-state index in [2.05, 4.69) is 23.7 Å². The van der Waals surface area contributed by atoms with Crippen molar-refractivity contribution >= 4 is 11.8 Å². The summed E-state index contributed by atoms with van der Waals surface area (Å²) < 4.78 is 10.9. The van der Waals surface area contributed by atoms with Crippen molar-refractivity contribution in [3.63, 3.8) is 0 Å². The van der Waals surface area contributed by atoms with E-state index in [0.717, 1.165) is 24.9 Å². The van der Waals surface area contributed by atoms with E-state index in [-0.39, 0.29) is 11.8 Å². The third kappa shape index (κ3) is 6.22. The van der Waals surface area contributed by atoms with E-state index < -0.39 is 0 Å². The SMILES string of the molecule is C=CCc1cc(C(=O)N2CCN(CC(=O)NCCCC)CC2)cc(OC)c1OC. The van der Waals surface area contributed by atoms with Gasteiger partial charge in [-0.15, -0.1) is 6.58 Å². The molecule has 0 atom stereocenters. The first-order chi connectivity index (χ1) is 14.0. The maximum Gasteiger partial charge on any atom is 0.254 e. The zero-order valence-corrected chi connectivity index (χ0v) is 17.8. The van der Waals surface area contributed by atoms with Gasteiger partial charge in [-0.2, -0.15) is 0 Å². The van der Waals surface area contributed by atoms with E-state index in [9.17, 15) is 9.59 Å². The molecule has 0 spiro atoms. The average molecular weight is 404 g/mol. The Labute approximate surface area is 173 Å². The summed E-state index contributed by atoms with van der Waals surface area (Å²) in [7, 11) is 3.15. The van der Waals surface area contributed by atoms with Crippen LogP contribution in [0.2, 0.25) is 0 Å². The molecule has 1 saturated heterocycles. The Kier molecular flexibility index (Phi) is 8.99. The van der Waals surface area contributed by atoms with Gasteiger partial charge >= 0.3 is 0 Å². The highest BCUT2D eigenvalue weighted by Crippen LogP contribution is 2.33. The standard InChI is InChI=1S/C22H33N3O4/c1-5-7-9-23-20(26)16-24-10-12-25(13-11-24)22(27)18-14-17(8-6-2)21(29-4)19(15-18)28-3/h6,14-15H,2,5,7-13,16H2,1,3-4H3,(H,23,26). The van der Waals surface area contributed by atoms with Crippen molar-refractivity contribution in [2.45, 2.75) is 26.2 Å². The predicted octanol–water partition coefficient (Wildman–Crippen LogP) is 2.11. The van der Waals surface area contributed by atoms with Crippen LogP contribution in [0, 0.1) is 0 Å². The monoisotopic (exact) mass is 403 g/mol. The average Bonchev–Trinajstić information content (AvgIpc) is 2.73. The van der Waals surface area contributed by atoms with Crippen LogP contribution in [0.5, 0.6) is 11.5 Å². The molecule has 0 radical (unpaired) electrons. The minimum atomic E-state index is -0.0386. The molecule has 1 aliphatic rings. The highest BCUT2D eigenvalue weighted by molar-refractivity contribution is 5.95. The molecule has 0 aromatic heterocycles. The van der Waals surface area contributed by atoms with Crippen LogP contribution in [0.1, 0.15) is 35.7 Å². The van der Waals surface area contributed by atoms with Crippen LogP contribution < -0.4 is 14.8 Å². The molecule has 0 aliphatic carbocycles. The number of nitrogens with one attached hydrogen (secondary N) is 1. The Balaban J connectivity index is 1.99. The maximum atomic E-state index is 13.0. The van der Waals surface area contributed by atoms with Crippen molar-refractivity contribution in [1.29, 1.82) is 0 Å². The van der Waals surface area contributed by atoms with Crippen LogP contribution in [0.15, 0.2) is 24.8 Å². The lowest BCUT2D eigenvalue weighted by molar-refractivity contribution is -0.122. The van der Waals surface area contributed by atoms with Crippen molar-refractivity contribution in [2.24, 2.45) is 0 Å². The Bertz CT molecular complexity index is 712. The number of hydrogen-bond acceptors (Lipinski definition) is 5. The topological polar surface area (TPSA) is 71.1 Å². The molecule has 7 heteroatoms. The molecule has 1 aromatic carbocycles. The highest BCUT2D eigenvalue weighted by atomic mass is 16.5. The minimum Gasteiger partial charge on any atom is -0.493 e. The molecule has 7 nitrogen and oxygen atoms in total. The van der Waals surface area contributed by atoms with Gasteiger partial charge in [-0.25, -0.2) is 0 Å². The molecule has 0 unspecified atom stereocenters. The van der Waals surface area contributed by atoms with Gasteiger partial charge in [0.2, 0.25) is 5.91 Å². The smallest absolute Gasteiger partial charge is 0.254 e. The second-order valence-electron chi connectivity index (χ2n) is 7.14. The van der Waals surface area contributed by atoms with E-state index in [0.29, 0.717) is 56.2 Å². The Morgan fingerprint density at radius 2 is 1.90 bits per heavy atom. The number of carbonyl (C=O) groups excluding carboxylic acids is 2. The van der Waals surface area contributed by atoms with E-state index in [1.807, 2.05) is 11.0 Å². The lowest BCUT2D eigenvalue weighted by Crippen LogP contribution is -2.51. The molecule has 29 heavy (non-hydrogen) atoms. The number of amides is 2. The van der Waals surface area contributed by atoms with E-state index in [4.69, 9.17) is 9.47 Å².